The third kappa shape index (κ3) is 4.45. The van der Waals surface area contributed by atoms with E-state index in [-0.39, 0.29) is 6.42 Å². The second kappa shape index (κ2) is 7.98. The molecule has 22 heavy (non-hydrogen) atoms. The number of esters is 1. The Balaban J connectivity index is 1.98. The van der Waals surface area contributed by atoms with Gasteiger partial charge in [-0.3, -0.25) is 4.79 Å². The van der Waals surface area contributed by atoms with E-state index in [9.17, 15) is 9.59 Å². The highest BCUT2D eigenvalue weighted by Crippen LogP contribution is 2.21. The summed E-state index contributed by atoms with van der Waals surface area (Å²) in [5.41, 5.74) is 1.97. The summed E-state index contributed by atoms with van der Waals surface area (Å²) in [5.74, 6) is -0.605. The van der Waals surface area contributed by atoms with Gasteiger partial charge in [0, 0.05) is 6.42 Å². The summed E-state index contributed by atoms with van der Waals surface area (Å²) in [6, 6.07) is 17.4. The number of Topliss-reactive ketones (excluding diaryl/α,β-unsaturated/α-hetero) is 1. The molecule has 0 aliphatic carbocycles. The number of carbonyl (C=O) groups is 2. The standard InChI is InChI=1S/C18H18O4/c1-21-18(20)16(19)12-11-15-9-5-6-10-17(15)22-13-14-7-3-2-4-8-14/h2-10H,11-13H2,1H3. The van der Waals surface area contributed by atoms with Crippen molar-refractivity contribution >= 4 is 11.8 Å². The van der Waals surface area contributed by atoms with E-state index in [1.54, 1.807) is 0 Å². The number of benzene rings is 2. The average molecular weight is 298 g/mol. The molecule has 0 fully saturated rings. The van der Waals surface area contributed by atoms with Crippen molar-refractivity contribution in [2.24, 2.45) is 0 Å². The number of carbonyl (C=O) groups excluding carboxylic acids is 2. The van der Waals surface area contributed by atoms with Crippen molar-refractivity contribution in [1.29, 1.82) is 0 Å². The maximum absolute atomic E-state index is 11.5. The summed E-state index contributed by atoms with van der Waals surface area (Å²) in [6.07, 6.45) is 0.553. The Labute approximate surface area is 129 Å². The largest absolute Gasteiger partial charge is 0.489 e. The van der Waals surface area contributed by atoms with Gasteiger partial charge in [0.1, 0.15) is 12.4 Å². The van der Waals surface area contributed by atoms with Crippen LogP contribution in [0.5, 0.6) is 5.75 Å². The SMILES string of the molecule is COC(=O)C(=O)CCc1ccccc1OCc1ccccc1. The predicted octanol–water partition coefficient (Wildman–Crippen LogP) is 2.94. The highest BCUT2D eigenvalue weighted by atomic mass is 16.5. The number of hydrogen-bond donors (Lipinski definition) is 0. The number of hydrogen-bond acceptors (Lipinski definition) is 4. The first-order valence-electron chi connectivity index (χ1n) is 7.06. The van der Waals surface area contributed by atoms with E-state index >= 15 is 0 Å². The molecule has 4 nitrogen and oxygen atoms in total. The molecule has 0 saturated heterocycles. The van der Waals surface area contributed by atoms with Gasteiger partial charge >= 0.3 is 5.97 Å². The van der Waals surface area contributed by atoms with Crippen molar-refractivity contribution in [2.45, 2.75) is 19.4 Å². The van der Waals surface area contributed by atoms with Crippen LogP contribution in [0.3, 0.4) is 0 Å². The maximum Gasteiger partial charge on any atom is 0.374 e. The van der Waals surface area contributed by atoms with Gasteiger partial charge < -0.3 is 9.47 Å². The van der Waals surface area contributed by atoms with Gasteiger partial charge in [0.05, 0.1) is 7.11 Å². The molecule has 0 amide bonds. The second-order valence-corrected chi connectivity index (χ2v) is 4.80. The summed E-state index contributed by atoms with van der Waals surface area (Å²) in [7, 11) is 1.21. The number of ketones is 1. The van der Waals surface area contributed by atoms with E-state index in [0.717, 1.165) is 16.9 Å². The maximum atomic E-state index is 11.5. The molecule has 4 heteroatoms. The third-order valence-corrected chi connectivity index (χ3v) is 3.24. The van der Waals surface area contributed by atoms with Crippen LogP contribution in [-0.2, 0) is 27.4 Å². The zero-order valence-corrected chi connectivity index (χ0v) is 12.5. The smallest absolute Gasteiger partial charge is 0.374 e. The average Bonchev–Trinajstić information content (AvgIpc) is 2.58. The minimum atomic E-state index is -0.803. The summed E-state index contributed by atoms with van der Waals surface area (Å²) in [5, 5.41) is 0. The molecule has 0 saturated carbocycles. The van der Waals surface area contributed by atoms with Crippen molar-refractivity contribution in [2.75, 3.05) is 7.11 Å². The van der Waals surface area contributed by atoms with Crippen LogP contribution >= 0.6 is 0 Å². The monoisotopic (exact) mass is 298 g/mol. The molecule has 0 bridgehead atoms. The molecule has 0 spiro atoms. The van der Waals surface area contributed by atoms with Crippen LogP contribution in [0.1, 0.15) is 17.5 Å². The van der Waals surface area contributed by atoms with Gasteiger partial charge in [-0.25, -0.2) is 4.79 Å². The van der Waals surface area contributed by atoms with Crippen molar-refractivity contribution in [3.63, 3.8) is 0 Å². The molecule has 0 aliphatic heterocycles. The van der Waals surface area contributed by atoms with Gasteiger partial charge in [-0.05, 0) is 23.6 Å². The molecule has 2 aromatic rings. The van der Waals surface area contributed by atoms with Gasteiger partial charge in [0.2, 0.25) is 5.78 Å². The summed E-state index contributed by atoms with van der Waals surface area (Å²) in [6.45, 7) is 0.461. The Bertz CT molecular complexity index is 635. The Morgan fingerprint density at radius 1 is 0.955 bits per heavy atom. The Hall–Kier alpha value is -2.62. The number of aryl methyl sites for hydroxylation is 1. The Morgan fingerprint density at radius 2 is 1.64 bits per heavy atom. The highest BCUT2D eigenvalue weighted by Gasteiger charge is 2.14. The fraction of sp³-hybridized carbons (Fsp3) is 0.222. The fourth-order valence-electron chi connectivity index (χ4n) is 2.05. The van der Waals surface area contributed by atoms with E-state index in [2.05, 4.69) is 4.74 Å². The molecule has 2 aromatic carbocycles. The molecule has 0 unspecified atom stereocenters. The van der Waals surface area contributed by atoms with Crippen LogP contribution in [0, 0.1) is 0 Å². The van der Waals surface area contributed by atoms with E-state index in [4.69, 9.17) is 4.74 Å². The molecule has 0 radical (unpaired) electrons. The van der Waals surface area contributed by atoms with Crippen LogP contribution in [0.15, 0.2) is 54.6 Å². The Morgan fingerprint density at radius 3 is 2.36 bits per heavy atom. The van der Waals surface area contributed by atoms with E-state index in [0.29, 0.717) is 13.0 Å². The van der Waals surface area contributed by atoms with Gasteiger partial charge in [-0.1, -0.05) is 48.5 Å². The first-order chi connectivity index (χ1) is 10.7. The second-order valence-electron chi connectivity index (χ2n) is 4.80. The first-order valence-corrected chi connectivity index (χ1v) is 7.06. The molecule has 0 atom stereocenters. The first kappa shape index (κ1) is 15.8. The summed E-state index contributed by atoms with van der Waals surface area (Å²) in [4.78, 5) is 22.6. The van der Waals surface area contributed by atoms with Crippen LogP contribution in [0.25, 0.3) is 0 Å². The predicted molar refractivity (Wildman–Crippen MR) is 82.6 cm³/mol. The number of methoxy groups -OCH3 is 1. The normalized spacial score (nSPS) is 10.0. The highest BCUT2D eigenvalue weighted by molar-refractivity contribution is 6.33. The van der Waals surface area contributed by atoms with Gasteiger partial charge in [-0.15, -0.1) is 0 Å². The molecule has 0 heterocycles. The molecule has 0 aromatic heterocycles. The summed E-state index contributed by atoms with van der Waals surface area (Å²) < 4.78 is 10.2. The van der Waals surface area contributed by atoms with Crippen molar-refractivity contribution in [1.82, 2.24) is 0 Å². The lowest BCUT2D eigenvalue weighted by Gasteiger charge is -2.11. The minimum Gasteiger partial charge on any atom is -0.489 e. The number of ether oxygens (including phenoxy) is 2. The third-order valence-electron chi connectivity index (χ3n) is 3.24. The van der Waals surface area contributed by atoms with E-state index in [1.807, 2.05) is 54.6 Å². The lowest BCUT2D eigenvalue weighted by atomic mass is 10.1. The molecule has 0 N–H and O–H groups in total. The molecular formula is C18H18O4. The van der Waals surface area contributed by atoms with Crippen molar-refractivity contribution < 1.29 is 19.1 Å². The lowest BCUT2D eigenvalue weighted by molar-refractivity contribution is -0.151. The zero-order chi connectivity index (χ0) is 15.8. The zero-order valence-electron chi connectivity index (χ0n) is 12.5. The van der Waals surface area contributed by atoms with Gasteiger partial charge in [0.25, 0.3) is 0 Å². The van der Waals surface area contributed by atoms with Crippen LogP contribution < -0.4 is 4.74 Å². The quantitative estimate of drug-likeness (QED) is 0.582. The molecule has 0 aliphatic rings. The molecule has 2 rings (SSSR count). The van der Waals surface area contributed by atoms with Gasteiger partial charge in [-0.2, -0.15) is 0 Å². The van der Waals surface area contributed by atoms with Crippen LogP contribution in [0.4, 0.5) is 0 Å². The molecule has 114 valence electrons. The Kier molecular flexibility index (Phi) is 5.72. The molecular weight excluding hydrogens is 280 g/mol. The van der Waals surface area contributed by atoms with Crippen molar-refractivity contribution in [3.05, 3.63) is 65.7 Å². The van der Waals surface area contributed by atoms with Crippen LogP contribution in [0.2, 0.25) is 0 Å². The summed E-state index contributed by atoms with van der Waals surface area (Å²) >= 11 is 0. The van der Waals surface area contributed by atoms with Gasteiger partial charge in [0.15, 0.2) is 0 Å². The van der Waals surface area contributed by atoms with E-state index < -0.39 is 11.8 Å². The topological polar surface area (TPSA) is 52.6 Å². The number of para-hydroxylation sites is 1. The van der Waals surface area contributed by atoms with E-state index in [1.165, 1.54) is 7.11 Å². The minimum absolute atomic E-state index is 0.110. The van der Waals surface area contributed by atoms with Crippen molar-refractivity contribution in [3.8, 4) is 5.75 Å². The van der Waals surface area contributed by atoms with Crippen LogP contribution in [-0.4, -0.2) is 18.9 Å². The lowest BCUT2D eigenvalue weighted by Crippen LogP contribution is -2.16. The number of rotatable bonds is 7. The fourth-order valence-corrected chi connectivity index (χ4v) is 2.05.